The summed E-state index contributed by atoms with van der Waals surface area (Å²) in [6, 6.07) is 11.4. The van der Waals surface area contributed by atoms with E-state index in [0.29, 0.717) is 10.4 Å². The maximum atomic E-state index is 13.7. The zero-order valence-corrected chi connectivity index (χ0v) is 15.4. The second kappa shape index (κ2) is 6.54. The Balaban J connectivity index is 1.84. The molecule has 1 N–H and O–H groups in total. The van der Waals surface area contributed by atoms with E-state index in [1.807, 2.05) is 0 Å². The number of hydrogen-bond donors (Lipinski definition) is 1. The van der Waals surface area contributed by atoms with Crippen LogP contribution < -0.4 is 5.32 Å². The van der Waals surface area contributed by atoms with E-state index in [1.165, 1.54) is 34.9 Å². The molecule has 1 aromatic heterocycles. The molecule has 8 heteroatoms. The Morgan fingerprint density at radius 1 is 1.04 bits per heavy atom. The summed E-state index contributed by atoms with van der Waals surface area (Å²) >= 11 is 1.18. The fraction of sp³-hybridized carbons (Fsp3) is 0.105. The van der Waals surface area contributed by atoms with E-state index in [2.05, 4.69) is 5.32 Å². The molecule has 0 spiro atoms. The molecule has 0 saturated carbocycles. The summed E-state index contributed by atoms with van der Waals surface area (Å²) in [6.07, 6.45) is 0.0312. The molecule has 4 rings (SSSR count). The summed E-state index contributed by atoms with van der Waals surface area (Å²) < 4.78 is 52.8. The molecule has 0 saturated heterocycles. The number of benzene rings is 2. The van der Waals surface area contributed by atoms with Gasteiger partial charge in [-0.05, 0) is 29.8 Å². The highest BCUT2D eigenvalue weighted by Gasteiger charge is 2.34. The molecule has 2 heterocycles. The van der Waals surface area contributed by atoms with Gasteiger partial charge in [0.1, 0.15) is 4.90 Å². The molecule has 0 radical (unpaired) electrons. The van der Waals surface area contributed by atoms with Crippen LogP contribution in [0.5, 0.6) is 0 Å². The van der Waals surface area contributed by atoms with Crippen molar-refractivity contribution >= 4 is 32.8 Å². The largest absolute Gasteiger partial charge is 0.324 e. The van der Waals surface area contributed by atoms with E-state index in [-0.39, 0.29) is 27.8 Å². The minimum atomic E-state index is -3.82. The minimum Gasteiger partial charge on any atom is -0.324 e. The first-order valence-electron chi connectivity index (χ1n) is 8.04. The number of anilines is 1. The third-order valence-electron chi connectivity index (χ3n) is 4.45. The second-order valence-electron chi connectivity index (χ2n) is 6.13. The molecule has 0 unspecified atom stereocenters. The van der Waals surface area contributed by atoms with E-state index in [9.17, 15) is 22.0 Å². The molecule has 2 aromatic carbocycles. The molecule has 4 nitrogen and oxygen atoms in total. The third kappa shape index (κ3) is 3.04. The van der Waals surface area contributed by atoms with Gasteiger partial charge in [-0.1, -0.05) is 24.3 Å². The van der Waals surface area contributed by atoms with E-state index in [4.69, 9.17) is 0 Å². The van der Waals surface area contributed by atoms with Gasteiger partial charge in [-0.25, -0.2) is 17.2 Å². The summed E-state index contributed by atoms with van der Waals surface area (Å²) in [6.45, 7) is 0. The van der Waals surface area contributed by atoms with E-state index in [0.717, 1.165) is 12.1 Å². The Bertz CT molecular complexity index is 1140. The van der Waals surface area contributed by atoms with Crippen molar-refractivity contribution in [1.82, 2.24) is 0 Å². The predicted molar refractivity (Wildman–Crippen MR) is 97.7 cm³/mol. The number of carbonyl (C=O) groups excluding carboxylic acids is 1. The summed E-state index contributed by atoms with van der Waals surface area (Å²) in [5.74, 6) is -2.89. The van der Waals surface area contributed by atoms with Crippen LogP contribution in [0.3, 0.4) is 0 Å². The Morgan fingerprint density at radius 3 is 2.48 bits per heavy atom. The van der Waals surface area contributed by atoms with Gasteiger partial charge in [-0.15, -0.1) is 11.3 Å². The summed E-state index contributed by atoms with van der Waals surface area (Å²) in [5, 5.41) is 4.11. The van der Waals surface area contributed by atoms with Gasteiger partial charge in [0.05, 0.1) is 10.6 Å². The van der Waals surface area contributed by atoms with Crippen LogP contribution in [0.15, 0.2) is 63.7 Å². The molecule has 138 valence electrons. The Kier molecular flexibility index (Phi) is 4.32. The standard InChI is InChI=1S/C19H13F2NO3S2/c20-14-7-6-11(8-15(14)21)13-9-17(23)22-18-16(10-26-19(13)18)27(24,25)12-4-2-1-3-5-12/h1-8,10,13H,9H2,(H,22,23)/t13-/m0/s1. The molecule has 0 bridgehead atoms. The smallest absolute Gasteiger partial charge is 0.225 e. The number of halogens is 2. The van der Waals surface area contributed by atoms with Gasteiger partial charge in [0.2, 0.25) is 15.7 Å². The molecule has 1 aliphatic rings. The van der Waals surface area contributed by atoms with Gasteiger partial charge in [0, 0.05) is 22.6 Å². The quantitative estimate of drug-likeness (QED) is 0.705. The van der Waals surface area contributed by atoms with E-state index < -0.39 is 27.4 Å². The number of amides is 1. The molecular formula is C19H13F2NO3S2. The van der Waals surface area contributed by atoms with Crippen molar-refractivity contribution in [2.75, 3.05) is 5.32 Å². The lowest BCUT2D eigenvalue weighted by Gasteiger charge is -2.23. The predicted octanol–water partition coefficient (Wildman–Crippen LogP) is 4.33. The normalized spacial score (nSPS) is 16.7. The number of thiophene rings is 1. The van der Waals surface area contributed by atoms with Crippen molar-refractivity contribution in [3.63, 3.8) is 0 Å². The number of nitrogens with one attached hydrogen (secondary N) is 1. The lowest BCUT2D eigenvalue weighted by Crippen LogP contribution is -2.23. The molecule has 1 atom stereocenters. The number of fused-ring (bicyclic) bond motifs is 1. The lowest BCUT2D eigenvalue weighted by molar-refractivity contribution is -0.116. The zero-order chi connectivity index (χ0) is 19.2. The monoisotopic (exact) mass is 405 g/mol. The van der Waals surface area contributed by atoms with Crippen LogP contribution in [0.1, 0.15) is 22.8 Å². The van der Waals surface area contributed by atoms with Crippen molar-refractivity contribution < 1.29 is 22.0 Å². The first-order valence-corrected chi connectivity index (χ1v) is 10.4. The number of sulfone groups is 1. The zero-order valence-electron chi connectivity index (χ0n) is 13.8. The fourth-order valence-electron chi connectivity index (χ4n) is 3.13. The maximum absolute atomic E-state index is 13.7. The average molecular weight is 405 g/mol. The highest BCUT2D eigenvalue weighted by Crippen LogP contribution is 2.45. The van der Waals surface area contributed by atoms with Crippen LogP contribution >= 0.6 is 11.3 Å². The van der Waals surface area contributed by atoms with Crippen LogP contribution in [-0.2, 0) is 14.6 Å². The average Bonchev–Trinajstić information content (AvgIpc) is 3.08. The molecule has 0 fully saturated rings. The first kappa shape index (κ1) is 17.8. The van der Waals surface area contributed by atoms with Gasteiger partial charge >= 0.3 is 0 Å². The Morgan fingerprint density at radius 2 is 1.78 bits per heavy atom. The molecule has 27 heavy (non-hydrogen) atoms. The van der Waals surface area contributed by atoms with Gasteiger partial charge in [-0.2, -0.15) is 0 Å². The van der Waals surface area contributed by atoms with Gasteiger partial charge in [0.15, 0.2) is 11.6 Å². The third-order valence-corrected chi connectivity index (χ3v) is 7.48. The van der Waals surface area contributed by atoms with E-state index in [1.54, 1.807) is 18.2 Å². The van der Waals surface area contributed by atoms with Crippen molar-refractivity contribution in [1.29, 1.82) is 0 Å². The molecule has 3 aromatic rings. The molecule has 1 aliphatic heterocycles. The van der Waals surface area contributed by atoms with Crippen molar-refractivity contribution in [3.8, 4) is 0 Å². The second-order valence-corrected chi connectivity index (χ2v) is 8.96. The maximum Gasteiger partial charge on any atom is 0.225 e. The van der Waals surface area contributed by atoms with Crippen molar-refractivity contribution in [2.24, 2.45) is 0 Å². The lowest BCUT2D eigenvalue weighted by atomic mass is 9.90. The topological polar surface area (TPSA) is 63.2 Å². The summed E-state index contributed by atoms with van der Waals surface area (Å²) in [7, 11) is -3.82. The van der Waals surface area contributed by atoms with Gasteiger partial charge in [-0.3, -0.25) is 4.79 Å². The van der Waals surface area contributed by atoms with Crippen molar-refractivity contribution in [3.05, 3.63) is 76.0 Å². The summed E-state index contributed by atoms with van der Waals surface area (Å²) in [4.78, 5) is 12.9. The molecule has 1 amide bonds. The van der Waals surface area contributed by atoms with E-state index >= 15 is 0 Å². The highest BCUT2D eigenvalue weighted by atomic mass is 32.2. The van der Waals surface area contributed by atoms with Crippen LogP contribution in [0.4, 0.5) is 14.5 Å². The number of hydrogen-bond acceptors (Lipinski definition) is 4. The minimum absolute atomic E-state index is 0.00864. The van der Waals surface area contributed by atoms with Crippen LogP contribution in [0, 0.1) is 11.6 Å². The van der Waals surface area contributed by atoms with Crippen molar-refractivity contribution in [2.45, 2.75) is 22.1 Å². The van der Waals surface area contributed by atoms with Crippen LogP contribution in [-0.4, -0.2) is 14.3 Å². The number of rotatable bonds is 3. The number of carbonyl (C=O) groups is 1. The Labute approximate surface area is 158 Å². The molecular weight excluding hydrogens is 392 g/mol. The Hall–Kier alpha value is -2.58. The molecule has 0 aliphatic carbocycles. The van der Waals surface area contributed by atoms with Gasteiger partial charge < -0.3 is 5.32 Å². The first-order chi connectivity index (χ1) is 12.9. The van der Waals surface area contributed by atoms with Crippen LogP contribution in [0.25, 0.3) is 0 Å². The SMILES string of the molecule is O=C1C[C@@H](c2ccc(F)c(F)c2)c2scc(S(=O)(=O)c3ccccc3)c2N1. The van der Waals surface area contributed by atoms with Crippen LogP contribution in [0.2, 0.25) is 0 Å². The fourth-order valence-corrected chi connectivity index (χ4v) is 6.06. The van der Waals surface area contributed by atoms with Gasteiger partial charge in [0.25, 0.3) is 0 Å². The highest BCUT2D eigenvalue weighted by molar-refractivity contribution is 7.91. The summed E-state index contributed by atoms with van der Waals surface area (Å²) in [5.41, 5.74) is 0.644.